The first-order valence-electron chi connectivity index (χ1n) is 7.29. The minimum atomic E-state index is 0.734. The first-order chi connectivity index (χ1) is 8.78. The van der Waals surface area contributed by atoms with Crippen LogP contribution in [0.5, 0.6) is 0 Å². The van der Waals surface area contributed by atoms with Crippen molar-refractivity contribution < 1.29 is 0 Å². The Balaban J connectivity index is 1.67. The molecule has 0 aromatic heterocycles. The average Bonchev–Trinajstić information content (AvgIpc) is 2.40. The number of aryl methyl sites for hydroxylation is 1. The quantitative estimate of drug-likeness (QED) is 0.859. The molecule has 0 spiro atoms. The van der Waals surface area contributed by atoms with Crippen molar-refractivity contribution in [3.05, 3.63) is 35.4 Å². The zero-order chi connectivity index (χ0) is 12.8. The van der Waals surface area contributed by atoms with E-state index in [4.69, 9.17) is 0 Å². The maximum absolute atomic E-state index is 3.71. The molecule has 2 rings (SSSR count). The zero-order valence-electron chi connectivity index (χ0n) is 11.8. The maximum Gasteiger partial charge on any atom is 0.00915 e. The van der Waals surface area contributed by atoms with E-state index in [9.17, 15) is 0 Å². The van der Waals surface area contributed by atoms with Crippen molar-refractivity contribution in [1.82, 2.24) is 10.2 Å². The molecule has 0 unspecified atom stereocenters. The number of likely N-dealkylation sites (tertiary alicyclic amines) is 1. The van der Waals surface area contributed by atoms with Gasteiger partial charge in [0.2, 0.25) is 0 Å². The molecule has 1 saturated heterocycles. The molecule has 0 amide bonds. The van der Waals surface area contributed by atoms with Crippen LogP contribution in [0.15, 0.2) is 24.3 Å². The molecule has 18 heavy (non-hydrogen) atoms. The fourth-order valence-corrected chi connectivity index (χ4v) is 2.74. The van der Waals surface area contributed by atoms with Crippen LogP contribution in [0.4, 0.5) is 0 Å². The van der Waals surface area contributed by atoms with Crippen molar-refractivity contribution in [2.45, 2.75) is 39.2 Å². The molecular weight excluding hydrogens is 220 g/mol. The minimum absolute atomic E-state index is 0.734. The van der Waals surface area contributed by atoms with E-state index < -0.39 is 0 Å². The van der Waals surface area contributed by atoms with Gasteiger partial charge in [-0.3, -0.25) is 0 Å². The molecule has 1 aromatic carbocycles. The molecule has 2 nitrogen and oxygen atoms in total. The van der Waals surface area contributed by atoms with E-state index in [1.807, 2.05) is 0 Å². The number of rotatable bonds is 5. The Hall–Kier alpha value is -0.860. The van der Waals surface area contributed by atoms with Gasteiger partial charge < -0.3 is 10.2 Å². The van der Waals surface area contributed by atoms with E-state index in [0.717, 1.165) is 19.0 Å². The van der Waals surface area contributed by atoms with E-state index in [1.165, 1.54) is 43.6 Å². The van der Waals surface area contributed by atoms with Gasteiger partial charge >= 0.3 is 0 Å². The highest BCUT2D eigenvalue weighted by molar-refractivity contribution is 5.22. The van der Waals surface area contributed by atoms with Crippen molar-refractivity contribution in [2.75, 3.05) is 26.2 Å². The van der Waals surface area contributed by atoms with Gasteiger partial charge in [-0.25, -0.2) is 0 Å². The summed E-state index contributed by atoms with van der Waals surface area (Å²) in [6, 6.07) is 9.58. The van der Waals surface area contributed by atoms with Gasteiger partial charge in [0.1, 0.15) is 0 Å². The molecule has 100 valence electrons. The molecule has 0 atom stereocenters. The van der Waals surface area contributed by atoms with E-state index in [2.05, 4.69) is 48.3 Å². The number of hydrogen-bond acceptors (Lipinski definition) is 2. The lowest BCUT2D eigenvalue weighted by atomic mass is 10.0. The molecule has 1 N–H and O–H groups in total. The molecule has 1 aliphatic rings. The Labute approximate surface area is 111 Å². The van der Waals surface area contributed by atoms with Crippen LogP contribution in [-0.2, 0) is 6.42 Å². The lowest BCUT2D eigenvalue weighted by Crippen LogP contribution is -2.42. The van der Waals surface area contributed by atoms with Gasteiger partial charge in [-0.15, -0.1) is 0 Å². The van der Waals surface area contributed by atoms with Crippen molar-refractivity contribution in [3.63, 3.8) is 0 Å². The summed E-state index contributed by atoms with van der Waals surface area (Å²) in [4.78, 5) is 2.54. The van der Waals surface area contributed by atoms with Gasteiger partial charge in [-0.2, -0.15) is 0 Å². The van der Waals surface area contributed by atoms with Crippen molar-refractivity contribution in [1.29, 1.82) is 0 Å². The van der Waals surface area contributed by atoms with Gasteiger partial charge in [0, 0.05) is 6.04 Å². The van der Waals surface area contributed by atoms with Crippen LogP contribution in [0.25, 0.3) is 0 Å². The number of nitrogens with one attached hydrogen (secondary N) is 1. The topological polar surface area (TPSA) is 15.3 Å². The molecule has 0 radical (unpaired) electrons. The lowest BCUT2D eigenvalue weighted by Gasteiger charge is -2.31. The average molecular weight is 246 g/mol. The van der Waals surface area contributed by atoms with Crippen LogP contribution >= 0.6 is 0 Å². The second-order valence-corrected chi connectivity index (χ2v) is 5.40. The van der Waals surface area contributed by atoms with Crippen LogP contribution in [0.3, 0.4) is 0 Å². The van der Waals surface area contributed by atoms with Crippen LogP contribution < -0.4 is 5.32 Å². The zero-order valence-corrected chi connectivity index (χ0v) is 11.8. The third-order valence-electron chi connectivity index (χ3n) is 3.96. The highest BCUT2D eigenvalue weighted by Crippen LogP contribution is 2.10. The largest absolute Gasteiger partial charge is 0.314 e. The summed E-state index contributed by atoms with van der Waals surface area (Å²) >= 11 is 0. The molecular formula is C16H26N2. The minimum Gasteiger partial charge on any atom is -0.314 e. The Morgan fingerprint density at radius 3 is 2.72 bits per heavy atom. The first kappa shape index (κ1) is 13.6. The summed E-state index contributed by atoms with van der Waals surface area (Å²) in [7, 11) is 0. The second-order valence-electron chi connectivity index (χ2n) is 5.40. The molecule has 0 bridgehead atoms. The standard InChI is InChI=1S/C16H26N2/c1-3-18-11-8-16(9-12-18)17-10-7-15-6-4-5-14(2)13-15/h4-6,13,16-17H,3,7-12H2,1-2H3. The normalized spacial score (nSPS) is 18.1. The summed E-state index contributed by atoms with van der Waals surface area (Å²) in [6.45, 7) is 9.26. The van der Waals surface area contributed by atoms with E-state index in [0.29, 0.717) is 0 Å². The number of hydrogen-bond donors (Lipinski definition) is 1. The smallest absolute Gasteiger partial charge is 0.00915 e. The second kappa shape index (κ2) is 6.91. The maximum atomic E-state index is 3.71. The summed E-state index contributed by atoms with van der Waals surface area (Å²) in [5.41, 5.74) is 2.82. The third-order valence-corrected chi connectivity index (χ3v) is 3.96. The molecule has 2 heteroatoms. The Kier molecular flexibility index (Phi) is 5.21. The predicted molar refractivity (Wildman–Crippen MR) is 78.0 cm³/mol. The summed E-state index contributed by atoms with van der Waals surface area (Å²) in [5.74, 6) is 0. The summed E-state index contributed by atoms with van der Waals surface area (Å²) < 4.78 is 0. The molecule has 1 aliphatic heterocycles. The Morgan fingerprint density at radius 2 is 2.06 bits per heavy atom. The van der Waals surface area contributed by atoms with E-state index in [-0.39, 0.29) is 0 Å². The van der Waals surface area contributed by atoms with Crippen LogP contribution in [0.2, 0.25) is 0 Å². The van der Waals surface area contributed by atoms with Gasteiger partial charge in [0.05, 0.1) is 0 Å². The van der Waals surface area contributed by atoms with Gasteiger partial charge in [0.25, 0.3) is 0 Å². The fraction of sp³-hybridized carbons (Fsp3) is 0.625. The SMILES string of the molecule is CCN1CCC(NCCc2cccc(C)c2)CC1. The third kappa shape index (κ3) is 4.11. The predicted octanol–water partition coefficient (Wildman–Crippen LogP) is 2.61. The molecule has 0 aliphatic carbocycles. The van der Waals surface area contributed by atoms with Crippen molar-refractivity contribution >= 4 is 0 Å². The molecule has 1 aromatic rings. The number of benzene rings is 1. The first-order valence-corrected chi connectivity index (χ1v) is 7.29. The molecule has 1 heterocycles. The van der Waals surface area contributed by atoms with Gasteiger partial charge in [-0.05, 0) is 57.9 Å². The Bertz CT molecular complexity index is 354. The van der Waals surface area contributed by atoms with E-state index in [1.54, 1.807) is 0 Å². The van der Waals surface area contributed by atoms with Gasteiger partial charge in [0.15, 0.2) is 0 Å². The lowest BCUT2D eigenvalue weighted by molar-refractivity contribution is 0.207. The Morgan fingerprint density at radius 1 is 1.28 bits per heavy atom. The highest BCUT2D eigenvalue weighted by Gasteiger charge is 2.16. The fourth-order valence-electron chi connectivity index (χ4n) is 2.74. The van der Waals surface area contributed by atoms with Crippen LogP contribution in [0, 0.1) is 6.92 Å². The van der Waals surface area contributed by atoms with Gasteiger partial charge in [-0.1, -0.05) is 36.8 Å². The number of piperidine rings is 1. The number of nitrogens with zero attached hydrogens (tertiary/aromatic N) is 1. The summed E-state index contributed by atoms with van der Waals surface area (Å²) in [5, 5.41) is 3.71. The van der Waals surface area contributed by atoms with Crippen molar-refractivity contribution in [2.24, 2.45) is 0 Å². The van der Waals surface area contributed by atoms with Crippen LogP contribution in [0.1, 0.15) is 30.9 Å². The molecule has 1 fully saturated rings. The monoisotopic (exact) mass is 246 g/mol. The van der Waals surface area contributed by atoms with Crippen LogP contribution in [-0.4, -0.2) is 37.1 Å². The summed E-state index contributed by atoms with van der Waals surface area (Å²) in [6.07, 6.45) is 3.76. The van der Waals surface area contributed by atoms with E-state index >= 15 is 0 Å². The molecule has 0 saturated carbocycles. The highest BCUT2D eigenvalue weighted by atomic mass is 15.1. The van der Waals surface area contributed by atoms with Crippen molar-refractivity contribution in [3.8, 4) is 0 Å².